The molecule has 0 heterocycles. The van der Waals surface area contributed by atoms with Gasteiger partial charge >= 0.3 is 5.97 Å². The highest BCUT2D eigenvalue weighted by Crippen LogP contribution is 2.19. The maximum absolute atomic E-state index is 11.6. The molecule has 0 unspecified atom stereocenters. The summed E-state index contributed by atoms with van der Waals surface area (Å²) in [6.45, 7) is 0.360. The van der Waals surface area contributed by atoms with Crippen molar-refractivity contribution in [2.24, 2.45) is 0 Å². The first kappa shape index (κ1) is 17.0. The zero-order chi connectivity index (χ0) is 16.3. The van der Waals surface area contributed by atoms with Crippen molar-refractivity contribution in [1.82, 2.24) is 5.32 Å². The molecule has 0 aliphatic heterocycles. The molecule has 0 saturated heterocycles. The Morgan fingerprint density at radius 1 is 1.17 bits per heavy atom. The van der Waals surface area contributed by atoms with E-state index in [4.69, 9.17) is 4.74 Å². The third-order valence-corrected chi connectivity index (χ3v) is 3.71. The molecule has 0 fully saturated rings. The number of carbonyl (C=O) groups is 2. The second-order valence-electron chi connectivity index (χ2n) is 5.56. The first-order chi connectivity index (χ1) is 11.2. The molecule has 4 nitrogen and oxygen atoms in total. The highest BCUT2D eigenvalue weighted by atomic mass is 16.5. The van der Waals surface area contributed by atoms with Crippen molar-refractivity contribution >= 4 is 18.0 Å². The summed E-state index contributed by atoms with van der Waals surface area (Å²) in [6.07, 6.45) is 10.9. The van der Waals surface area contributed by atoms with Gasteiger partial charge in [-0.2, -0.15) is 0 Å². The molecule has 0 bridgehead atoms. The van der Waals surface area contributed by atoms with E-state index in [1.54, 1.807) is 6.08 Å². The summed E-state index contributed by atoms with van der Waals surface area (Å²) < 4.78 is 4.92. The van der Waals surface area contributed by atoms with Crippen LogP contribution in [0.15, 0.2) is 48.1 Å². The molecule has 0 spiro atoms. The molecule has 0 radical (unpaired) electrons. The topological polar surface area (TPSA) is 55.4 Å². The summed E-state index contributed by atoms with van der Waals surface area (Å²) in [4.78, 5) is 23.2. The lowest BCUT2D eigenvalue weighted by molar-refractivity contribution is -0.143. The fourth-order valence-electron chi connectivity index (χ4n) is 2.46. The Hall–Kier alpha value is -2.36. The number of nitrogens with one attached hydrogen (secondary N) is 1. The smallest absolute Gasteiger partial charge is 0.331 e. The van der Waals surface area contributed by atoms with Crippen molar-refractivity contribution in [3.05, 3.63) is 53.6 Å². The number of allylic oxidation sites excluding steroid dienone is 1. The molecule has 1 aliphatic carbocycles. The van der Waals surface area contributed by atoms with Gasteiger partial charge in [-0.3, -0.25) is 4.79 Å². The highest BCUT2D eigenvalue weighted by molar-refractivity contribution is 5.89. The SMILES string of the molecule is O=C(COC(=O)C=Cc1ccccc1)NCCC1=CCCCC1. The van der Waals surface area contributed by atoms with Crippen molar-refractivity contribution in [1.29, 1.82) is 0 Å². The Kier molecular flexibility index (Phi) is 7.11. The van der Waals surface area contributed by atoms with Crippen molar-refractivity contribution in [2.45, 2.75) is 32.1 Å². The number of rotatable bonds is 7. The zero-order valence-corrected chi connectivity index (χ0v) is 13.3. The zero-order valence-electron chi connectivity index (χ0n) is 13.3. The minimum absolute atomic E-state index is 0.239. The minimum Gasteiger partial charge on any atom is -0.452 e. The van der Waals surface area contributed by atoms with E-state index in [-0.39, 0.29) is 12.5 Å². The van der Waals surface area contributed by atoms with Crippen LogP contribution in [0.3, 0.4) is 0 Å². The lowest BCUT2D eigenvalue weighted by Crippen LogP contribution is -2.29. The van der Waals surface area contributed by atoms with Gasteiger partial charge in [-0.15, -0.1) is 0 Å². The number of esters is 1. The highest BCUT2D eigenvalue weighted by Gasteiger charge is 2.06. The molecule has 1 aromatic carbocycles. The van der Waals surface area contributed by atoms with Gasteiger partial charge in [0.25, 0.3) is 5.91 Å². The van der Waals surface area contributed by atoms with Crippen molar-refractivity contribution in [3.8, 4) is 0 Å². The second-order valence-corrected chi connectivity index (χ2v) is 5.56. The van der Waals surface area contributed by atoms with E-state index in [2.05, 4.69) is 11.4 Å². The normalized spacial score (nSPS) is 14.3. The number of amides is 1. The van der Waals surface area contributed by atoms with Crippen LogP contribution in [0.2, 0.25) is 0 Å². The average Bonchev–Trinajstić information content (AvgIpc) is 2.60. The van der Waals surface area contributed by atoms with Crippen LogP contribution in [0.5, 0.6) is 0 Å². The monoisotopic (exact) mass is 313 g/mol. The van der Waals surface area contributed by atoms with Gasteiger partial charge in [0, 0.05) is 12.6 Å². The number of carbonyl (C=O) groups excluding carboxylic acids is 2. The molecule has 23 heavy (non-hydrogen) atoms. The second kappa shape index (κ2) is 9.62. The van der Waals surface area contributed by atoms with Gasteiger partial charge in [-0.25, -0.2) is 4.79 Å². The molecule has 1 aromatic rings. The molecule has 0 atom stereocenters. The number of hydrogen-bond acceptors (Lipinski definition) is 3. The van der Waals surface area contributed by atoms with E-state index in [0.717, 1.165) is 24.8 Å². The predicted molar refractivity (Wildman–Crippen MR) is 90.6 cm³/mol. The summed E-state index contributed by atoms with van der Waals surface area (Å²) in [5, 5.41) is 2.78. The average molecular weight is 313 g/mol. The third-order valence-electron chi connectivity index (χ3n) is 3.71. The van der Waals surface area contributed by atoms with Crippen LogP contribution in [0.1, 0.15) is 37.7 Å². The molecule has 122 valence electrons. The van der Waals surface area contributed by atoms with Crippen molar-refractivity contribution in [3.63, 3.8) is 0 Å². The molecular weight excluding hydrogens is 290 g/mol. The molecule has 4 heteroatoms. The van der Waals surface area contributed by atoms with Gasteiger partial charge < -0.3 is 10.1 Å². The predicted octanol–water partition coefficient (Wildman–Crippen LogP) is 3.25. The standard InChI is InChI=1S/C19H23NO3/c21-18(20-14-13-17-9-5-2-6-10-17)15-23-19(22)12-11-16-7-3-1-4-8-16/h1,3-4,7-9,11-12H,2,5-6,10,13-15H2,(H,20,21). The van der Waals surface area contributed by atoms with Crippen LogP contribution in [-0.2, 0) is 14.3 Å². The largest absolute Gasteiger partial charge is 0.452 e. The number of benzene rings is 1. The van der Waals surface area contributed by atoms with Gasteiger partial charge in [-0.1, -0.05) is 42.0 Å². The van der Waals surface area contributed by atoms with Crippen LogP contribution in [0.25, 0.3) is 6.08 Å². The lowest BCUT2D eigenvalue weighted by Gasteiger charge is -2.12. The van der Waals surface area contributed by atoms with E-state index in [0.29, 0.717) is 6.54 Å². The maximum Gasteiger partial charge on any atom is 0.331 e. The number of ether oxygens (including phenoxy) is 1. The van der Waals surface area contributed by atoms with E-state index < -0.39 is 5.97 Å². The van der Waals surface area contributed by atoms with Crippen molar-refractivity contribution in [2.75, 3.05) is 13.2 Å². The van der Waals surface area contributed by atoms with Crippen LogP contribution in [-0.4, -0.2) is 25.0 Å². The maximum atomic E-state index is 11.6. The first-order valence-corrected chi connectivity index (χ1v) is 8.08. The van der Waals surface area contributed by atoms with Gasteiger partial charge in [0.2, 0.25) is 0 Å². The Morgan fingerprint density at radius 3 is 2.74 bits per heavy atom. The third kappa shape index (κ3) is 6.96. The lowest BCUT2D eigenvalue weighted by atomic mass is 9.97. The van der Waals surface area contributed by atoms with E-state index in [9.17, 15) is 9.59 Å². The van der Waals surface area contributed by atoms with E-state index in [1.807, 2.05) is 30.3 Å². The van der Waals surface area contributed by atoms with Crippen LogP contribution >= 0.6 is 0 Å². The quantitative estimate of drug-likeness (QED) is 0.477. The van der Waals surface area contributed by atoms with Gasteiger partial charge in [0.15, 0.2) is 6.61 Å². The molecule has 1 N–H and O–H groups in total. The first-order valence-electron chi connectivity index (χ1n) is 8.08. The van der Waals surface area contributed by atoms with Crippen LogP contribution < -0.4 is 5.32 Å². The van der Waals surface area contributed by atoms with E-state index in [1.165, 1.54) is 24.5 Å². The Bertz CT molecular complexity index is 576. The summed E-state index contributed by atoms with van der Waals surface area (Å²) in [7, 11) is 0. The van der Waals surface area contributed by atoms with Gasteiger partial charge in [-0.05, 0) is 43.7 Å². The van der Waals surface area contributed by atoms with Crippen LogP contribution in [0, 0.1) is 0 Å². The molecule has 0 aromatic heterocycles. The summed E-state index contributed by atoms with van der Waals surface area (Å²) >= 11 is 0. The minimum atomic E-state index is -0.515. The Morgan fingerprint density at radius 2 is 2.00 bits per heavy atom. The fourth-order valence-corrected chi connectivity index (χ4v) is 2.46. The van der Waals surface area contributed by atoms with E-state index >= 15 is 0 Å². The molecule has 0 saturated carbocycles. The summed E-state index contributed by atoms with van der Waals surface area (Å²) in [6, 6.07) is 9.46. The number of hydrogen-bond donors (Lipinski definition) is 1. The summed E-state index contributed by atoms with van der Waals surface area (Å²) in [5.41, 5.74) is 2.33. The van der Waals surface area contributed by atoms with Crippen LogP contribution in [0.4, 0.5) is 0 Å². The summed E-state index contributed by atoms with van der Waals surface area (Å²) in [5.74, 6) is -0.776. The fraction of sp³-hybridized carbons (Fsp3) is 0.368. The molecular formula is C19H23NO3. The Balaban J connectivity index is 1.61. The molecule has 1 aliphatic rings. The van der Waals surface area contributed by atoms with Gasteiger partial charge in [0.1, 0.15) is 0 Å². The molecule has 2 rings (SSSR count). The molecule has 1 amide bonds. The van der Waals surface area contributed by atoms with Gasteiger partial charge in [0.05, 0.1) is 0 Å². The van der Waals surface area contributed by atoms with Crippen molar-refractivity contribution < 1.29 is 14.3 Å². The Labute approximate surface area is 137 Å².